The fraction of sp³-hybridized carbons (Fsp3) is 0.364. The molecule has 1 aromatic carbocycles. The molecule has 1 rings (SSSR count). The van der Waals surface area contributed by atoms with E-state index in [4.69, 9.17) is 16.9 Å². The summed E-state index contributed by atoms with van der Waals surface area (Å²) in [7, 11) is 0. The standard InChI is InChI=1S/C11H11ClFN/c1-11(2,13)10-8(6-7-14)4-3-5-9(10)12/h3-5H,6H2,1-2H3. The predicted octanol–water partition coefficient (Wildman–Crippen LogP) is 3.61. The van der Waals surface area contributed by atoms with Crippen molar-refractivity contribution in [2.45, 2.75) is 25.9 Å². The molecular weight excluding hydrogens is 201 g/mol. The summed E-state index contributed by atoms with van der Waals surface area (Å²) in [5, 5.41) is 8.97. The Morgan fingerprint density at radius 1 is 1.50 bits per heavy atom. The van der Waals surface area contributed by atoms with Crippen molar-refractivity contribution in [1.82, 2.24) is 0 Å². The Bertz CT molecular complexity index is 374. The summed E-state index contributed by atoms with van der Waals surface area (Å²) in [6.07, 6.45) is 0.184. The molecule has 0 unspecified atom stereocenters. The van der Waals surface area contributed by atoms with Crippen molar-refractivity contribution in [3.05, 3.63) is 34.3 Å². The zero-order valence-electron chi connectivity index (χ0n) is 8.14. The molecule has 74 valence electrons. The van der Waals surface area contributed by atoms with E-state index in [1.54, 1.807) is 18.2 Å². The van der Waals surface area contributed by atoms with Gasteiger partial charge >= 0.3 is 0 Å². The van der Waals surface area contributed by atoms with E-state index in [0.717, 1.165) is 0 Å². The third-order valence-corrected chi connectivity index (χ3v) is 2.28. The molecule has 3 heteroatoms. The number of rotatable bonds is 2. The van der Waals surface area contributed by atoms with Gasteiger partial charge in [0.1, 0.15) is 5.67 Å². The molecule has 0 radical (unpaired) electrons. The van der Waals surface area contributed by atoms with Crippen LogP contribution in [0, 0.1) is 11.3 Å². The molecule has 0 aliphatic heterocycles. The minimum atomic E-state index is -1.51. The van der Waals surface area contributed by atoms with Crippen molar-refractivity contribution in [3.8, 4) is 6.07 Å². The highest BCUT2D eigenvalue weighted by Gasteiger charge is 2.24. The van der Waals surface area contributed by atoms with Gasteiger partial charge in [0.2, 0.25) is 0 Å². The molecule has 0 bridgehead atoms. The van der Waals surface area contributed by atoms with Crippen LogP contribution >= 0.6 is 11.6 Å². The highest BCUT2D eigenvalue weighted by atomic mass is 35.5. The molecule has 0 saturated heterocycles. The lowest BCUT2D eigenvalue weighted by molar-refractivity contribution is 0.220. The van der Waals surface area contributed by atoms with E-state index < -0.39 is 5.67 Å². The lowest BCUT2D eigenvalue weighted by Gasteiger charge is -2.19. The molecule has 0 N–H and O–H groups in total. The molecule has 0 fully saturated rings. The van der Waals surface area contributed by atoms with Gasteiger partial charge in [0.15, 0.2) is 0 Å². The van der Waals surface area contributed by atoms with E-state index in [0.29, 0.717) is 16.1 Å². The third kappa shape index (κ3) is 2.24. The van der Waals surface area contributed by atoms with Crippen molar-refractivity contribution in [1.29, 1.82) is 5.26 Å². The van der Waals surface area contributed by atoms with Crippen molar-refractivity contribution >= 4 is 11.6 Å². The van der Waals surface area contributed by atoms with Crippen LogP contribution in [0.15, 0.2) is 18.2 Å². The molecule has 1 aromatic rings. The van der Waals surface area contributed by atoms with Gasteiger partial charge in [-0.05, 0) is 25.5 Å². The van der Waals surface area contributed by atoms with Crippen molar-refractivity contribution in [3.63, 3.8) is 0 Å². The van der Waals surface area contributed by atoms with Crippen molar-refractivity contribution in [2.24, 2.45) is 0 Å². The molecule has 14 heavy (non-hydrogen) atoms. The summed E-state index contributed by atoms with van der Waals surface area (Å²) in [5.41, 5.74) is -0.430. The van der Waals surface area contributed by atoms with E-state index in [2.05, 4.69) is 0 Å². The predicted molar refractivity (Wildman–Crippen MR) is 54.9 cm³/mol. The van der Waals surface area contributed by atoms with E-state index in [-0.39, 0.29) is 6.42 Å². The van der Waals surface area contributed by atoms with Gasteiger partial charge in [-0.15, -0.1) is 0 Å². The maximum Gasteiger partial charge on any atom is 0.132 e. The number of hydrogen-bond donors (Lipinski definition) is 0. The Morgan fingerprint density at radius 2 is 2.14 bits per heavy atom. The first-order chi connectivity index (χ1) is 6.46. The smallest absolute Gasteiger partial charge is 0.132 e. The second-order valence-corrected chi connectivity index (χ2v) is 3.99. The van der Waals surface area contributed by atoms with Crippen LogP contribution < -0.4 is 0 Å². The summed E-state index contributed by atoms with van der Waals surface area (Å²) < 4.78 is 13.8. The lowest BCUT2D eigenvalue weighted by atomic mass is 9.93. The topological polar surface area (TPSA) is 23.8 Å². The first-order valence-corrected chi connectivity index (χ1v) is 4.68. The Hall–Kier alpha value is -1.07. The molecule has 1 nitrogen and oxygen atoms in total. The second kappa shape index (κ2) is 3.98. The zero-order valence-corrected chi connectivity index (χ0v) is 8.90. The van der Waals surface area contributed by atoms with Gasteiger partial charge in [0, 0.05) is 10.6 Å². The van der Waals surface area contributed by atoms with E-state index in [1.807, 2.05) is 6.07 Å². The third-order valence-electron chi connectivity index (χ3n) is 1.96. The number of benzene rings is 1. The maximum absolute atomic E-state index is 13.8. The monoisotopic (exact) mass is 211 g/mol. The Kier molecular flexibility index (Phi) is 3.13. The summed E-state index contributed by atoms with van der Waals surface area (Å²) in [4.78, 5) is 0. The average Bonchev–Trinajstić information content (AvgIpc) is 2.02. The number of nitriles is 1. The molecule has 0 aliphatic carbocycles. The summed E-state index contributed by atoms with van der Waals surface area (Å²) in [6, 6.07) is 7.09. The van der Waals surface area contributed by atoms with Crippen LogP contribution in [0.25, 0.3) is 0 Å². The molecule has 0 aromatic heterocycles. The van der Waals surface area contributed by atoms with Crippen LogP contribution in [0.5, 0.6) is 0 Å². The summed E-state index contributed by atoms with van der Waals surface area (Å²) in [6.45, 7) is 2.88. The minimum absolute atomic E-state index is 0.184. The van der Waals surface area contributed by atoms with Gasteiger partial charge in [0.25, 0.3) is 0 Å². The SMILES string of the molecule is CC(C)(F)c1c(Cl)cccc1CC#N. The molecular formula is C11H11ClFN. The molecule has 0 spiro atoms. The van der Waals surface area contributed by atoms with Crippen LogP contribution in [-0.4, -0.2) is 0 Å². The highest BCUT2D eigenvalue weighted by Crippen LogP contribution is 2.33. The fourth-order valence-corrected chi connectivity index (χ4v) is 1.89. The number of nitrogens with zero attached hydrogens (tertiary/aromatic N) is 1. The molecule has 0 heterocycles. The largest absolute Gasteiger partial charge is 0.239 e. The summed E-state index contributed by atoms with van der Waals surface area (Å²) >= 11 is 5.90. The van der Waals surface area contributed by atoms with Crippen molar-refractivity contribution in [2.75, 3.05) is 0 Å². The van der Waals surface area contributed by atoms with Gasteiger partial charge in [0.05, 0.1) is 12.5 Å². The normalized spacial score (nSPS) is 11.1. The van der Waals surface area contributed by atoms with Crippen LogP contribution in [0.4, 0.5) is 4.39 Å². The van der Waals surface area contributed by atoms with Gasteiger partial charge < -0.3 is 0 Å². The maximum atomic E-state index is 13.8. The first kappa shape index (κ1) is 11.0. The Labute approximate surface area is 88.1 Å². The van der Waals surface area contributed by atoms with Gasteiger partial charge in [-0.1, -0.05) is 23.7 Å². The van der Waals surface area contributed by atoms with Crippen LogP contribution in [0.3, 0.4) is 0 Å². The number of hydrogen-bond acceptors (Lipinski definition) is 1. The lowest BCUT2D eigenvalue weighted by Crippen LogP contribution is -2.13. The van der Waals surface area contributed by atoms with Gasteiger partial charge in [-0.3, -0.25) is 0 Å². The van der Waals surface area contributed by atoms with E-state index in [9.17, 15) is 4.39 Å². The number of halogens is 2. The van der Waals surface area contributed by atoms with Gasteiger partial charge in [-0.2, -0.15) is 5.26 Å². The molecule has 0 atom stereocenters. The second-order valence-electron chi connectivity index (χ2n) is 3.58. The first-order valence-electron chi connectivity index (χ1n) is 4.30. The van der Waals surface area contributed by atoms with Crippen LogP contribution in [0.2, 0.25) is 5.02 Å². The highest BCUT2D eigenvalue weighted by molar-refractivity contribution is 6.31. The average molecular weight is 212 g/mol. The molecule has 0 aliphatic rings. The summed E-state index contributed by atoms with van der Waals surface area (Å²) in [5.74, 6) is 0. The Balaban J connectivity index is 3.31. The van der Waals surface area contributed by atoms with E-state index >= 15 is 0 Å². The van der Waals surface area contributed by atoms with E-state index in [1.165, 1.54) is 13.8 Å². The number of alkyl halides is 1. The zero-order chi connectivity index (χ0) is 10.8. The minimum Gasteiger partial charge on any atom is -0.239 e. The van der Waals surface area contributed by atoms with Crippen LogP contribution in [0.1, 0.15) is 25.0 Å². The van der Waals surface area contributed by atoms with Gasteiger partial charge in [-0.25, -0.2) is 4.39 Å². The van der Waals surface area contributed by atoms with Crippen LogP contribution in [-0.2, 0) is 12.1 Å². The van der Waals surface area contributed by atoms with Crippen molar-refractivity contribution < 1.29 is 4.39 Å². The Morgan fingerprint density at radius 3 is 2.64 bits per heavy atom. The molecule has 0 saturated carbocycles. The fourth-order valence-electron chi connectivity index (χ4n) is 1.47. The molecule has 0 amide bonds. The quantitative estimate of drug-likeness (QED) is 0.733.